The van der Waals surface area contributed by atoms with Crippen LogP contribution >= 0.6 is 0 Å². The number of aromatic nitrogens is 1. The molecule has 0 bridgehead atoms. The summed E-state index contributed by atoms with van der Waals surface area (Å²) in [5, 5.41) is 2.87. The number of likely N-dealkylation sites (tertiary alicyclic amines) is 1. The number of hydrogen-bond donors (Lipinski definition) is 1. The van der Waals surface area contributed by atoms with Crippen LogP contribution < -0.4 is 5.32 Å². The lowest BCUT2D eigenvalue weighted by Gasteiger charge is -2.35. The summed E-state index contributed by atoms with van der Waals surface area (Å²) in [5.74, 6) is -0.213. The van der Waals surface area contributed by atoms with E-state index in [0.717, 1.165) is 38.8 Å². The maximum Gasteiger partial charge on any atom is 0.269 e. The number of piperidine rings is 1. The number of hydrogen-bond acceptors (Lipinski definition) is 4. The monoisotopic (exact) mass is 346 g/mol. The van der Waals surface area contributed by atoms with Crippen molar-refractivity contribution in [3.8, 4) is 0 Å². The lowest BCUT2D eigenvalue weighted by atomic mass is 9.99. The summed E-state index contributed by atoms with van der Waals surface area (Å²) in [6.07, 6.45) is 6.69. The number of carbonyl (C=O) groups is 2. The van der Waals surface area contributed by atoms with Crippen molar-refractivity contribution in [2.24, 2.45) is 0 Å². The quantitative estimate of drug-likeness (QED) is 0.769. The first kappa shape index (κ1) is 19.4. The molecule has 1 fully saturated rings. The second-order valence-corrected chi connectivity index (χ2v) is 6.90. The van der Waals surface area contributed by atoms with E-state index in [0.29, 0.717) is 23.8 Å². The normalized spacial score (nSPS) is 17.6. The van der Waals surface area contributed by atoms with Gasteiger partial charge in [0.2, 0.25) is 0 Å². The van der Waals surface area contributed by atoms with E-state index in [2.05, 4.69) is 22.1 Å². The molecule has 1 aromatic rings. The van der Waals surface area contributed by atoms with Crippen LogP contribution in [0.2, 0.25) is 0 Å². The van der Waals surface area contributed by atoms with Gasteiger partial charge in [-0.2, -0.15) is 0 Å². The van der Waals surface area contributed by atoms with E-state index >= 15 is 0 Å². The molecule has 0 radical (unpaired) electrons. The summed E-state index contributed by atoms with van der Waals surface area (Å²) in [5.41, 5.74) is 0.856. The third kappa shape index (κ3) is 5.53. The van der Waals surface area contributed by atoms with Crippen LogP contribution in [0.25, 0.3) is 0 Å². The third-order valence-electron chi connectivity index (χ3n) is 4.67. The van der Waals surface area contributed by atoms with Gasteiger partial charge in [-0.15, -0.1) is 0 Å². The minimum absolute atomic E-state index is 0.00982. The summed E-state index contributed by atoms with van der Waals surface area (Å²) in [4.78, 5) is 33.2. The van der Waals surface area contributed by atoms with E-state index in [4.69, 9.17) is 0 Å². The Bertz CT molecular complexity index is 589. The maximum atomic E-state index is 12.8. The SMILES string of the molecule is CCC1CCCCN1C(=O)c1ccnc(C(=O)NCCCN(C)C)c1. The molecule has 0 spiro atoms. The van der Waals surface area contributed by atoms with Gasteiger partial charge in [0.15, 0.2) is 0 Å². The first-order valence-corrected chi connectivity index (χ1v) is 9.23. The average Bonchev–Trinajstić information content (AvgIpc) is 2.64. The van der Waals surface area contributed by atoms with Gasteiger partial charge in [0, 0.05) is 30.9 Å². The van der Waals surface area contributed by atoms with Gasteiger partial charge in [0.1, 0.15) is 5.69 Å². The zero-order valence-electron chi connectivity index (χ0n) is 15.6. The fraction of sp³-hybridized carbons (Fsp3) is 0.632. The van der Waals surface area contributed by atoms with Crippen LogP contribution in [0.3, 0.4) is 0 Å². The Balaban J connectivity index is 1.99. The van der Waals surface area contributed by atoms with Crippen molar-refractivity contribution in [3.05, 3.63) is 29.6 Å². The fourth-order valence-electron chi connectivity index (χ4n) is 3.23. The van der Waals surface area contributed by atoms with Crippen molar-refractivity contribution < 1.29 is 9.59 Å². The topological polar surface area (TPSA) is 65.5 Å². The molecule has 2 rings (SSSR count). The highest BCUT2D eigenvalue weighted by Crippen LogP contribution is 2.21. The van der Waals surface area contributed by atoms with Crippen LogP contribution in [0, 0.1) is 0 Å². The van der Waals surface area contributed by atoms with Crippen molar-refractivity contribution in [3.63, 3.8) is 0 Å². The standard InChI is InChI=1S/C19H30N4O2/c1-4-16-8-5-6-13-23(16)19(25)15-9-11-20-17(14-15)18(24)21-10-7-12-22(2)3/h9,11,14,16H,4-8,10,12-13H2,1-3H3,(H,21,24). The molecule has 1 unspecified atom stereocenters. The Kier molecular flexibility index (Phi) is 7.37. The van der Waals surface area contributed by atoms with Gasteiger partial charge in [-0.1, -0.05) is 6.92 Å². The number of rotatable bonds is 7. The zero-order chi connectivity index (χ0) is 18.2. The number of nitrogens with zero attached hydrogens (tertiary/aromatic N) is 3. The highest BCUT2D eigenvalue weighted by molar-refractivity contribution is 5.98. The molecule has 1 aliphatic rings. The van der Waals surface area contributed by atoms with Gasteiger partial charge in [-0.25, -0.2) is 0 Å². The van der Waals surface area contributed by atoms with Gasteiger partial charge < -0.3 is 15.1 Å². The number of amides is 2. The van der Waals surface area contributed by atoms with Gasteiger partial charge in [-0.05, 0) is 64.9 Å². The van der Waals surface area contributed by atoms with Crippen molar-refractivity contribution in [2.45, 2.75) is 45.1 Å². The summed E-state index contributed by atoms with van der Waals surface area (Å²) in [6.45, 7) is 4.43. The molecule has 0 saturated carbocycles. The van der Waals surface area contributed by atoms with Gasteiger partial charge in [-0.3, -0.25) is 14.6 Å². The minimum Gasteiger partial charge on any atom is -0.351 e. The summed E-state index contributed by atoms with van der Waals surface area (Å²) < 4.78 is 0. The van der Waals surface area contributed by atoms with Gasteiger partial charge in [0.05, 0.1) is 0 Å². The number of pyridine rings is 1. The maximum absolute atomic E-state index is 12.8. The van der Waals surface area contributed by atoms with E-state index in [1.54, 1.807) is 18.3 Å². The van der Waals surface area contributed by atoms with E-state index < -0.39 is 0 Å². The Morgan fingerprint density at radius 1 is 1.36 bits per heavy atom. The first-order valence-electron chi connectivity index (χ1n) is 9.23. The van der Waals surface area contributed by atoms with Crippen molar-refractivity contribution in [2.75, 3.05) is 33.7 Å². The van der Waals surface area contributed by atoms with E-state index in [9.17, 15) is 9.59 Å². The number of nitrogens with one attached hydrogen (secondary N) is 1. The molecule has 6 heteroatoms. The Labute approximate surface area is 150 Å². The predicted molar refractivity (Wildman–Crippen MR) is 98.7 cm³/mol. The number of carbonyl (C=O) groups excluding carboxylic acids is 2. The lowest BCUT2D eigenvalue weighted by Crippen LogP contribution is -2.43. The van der Waals surface area contributed by atoms with Crippen molar-refractivity contribution in [1.29, 1.82) is 0 Å². The Morgan fingerprint density at radius 3 is 2.88 bits per heavy atom. The smallest absolute Gasteiger partial charge is 0.269 e. The lowest BCUT2D eigenvalue weighted by molar-refractivity contribution is 0.0608. The van der Waals surface area contributed by atoms with Crippen LogP contribution in [0.4, 0.5) is 0 Å². The molecule has 0 aliphatic carbocycles. The van der Waals surface area contributed by atoms with E-state index in [1.807, 2.05) is 19.0 Å². The predicted octanol–water partition coefficient (Wildman–Crippen LogP) is 2.17. The van der Waals surface area contributed by atoms with Crippen LogP contribution in [-0.2, 0) is 0 Å². The molecule has 138 valence electrons. The molecule has 1 saturated heterocycles. The third-order valence-corrected chi connectivity index (χ3v) is 4.67. The molecule has 1 aliphatic heterocycles. The molecule has 2 heterocycles. The molecular weight excluding hydrogens is 316 g/mol. The fourth-order valence-corrected chi connectivity index (χ4v) is 3.23. The van der Waals surface area contributed by atoms with Crippen LogP contribution in [0.15, 0.2) is 18.3 Å². The molecule has 1 atom stereocenters. The second-order valence-electron chi connectivity index (χ2n) is 6.90. The van der Waals surface area contributed by atoms with Crippen LogP contribution in [0.5, 0.6) is 0 Å². The molecular formula is C19H30N4O2. The second kappa shape index (κ2) is 9.51. The van der Waals surface area contributed by atoms with E-state index in [1.165, 1.54) is 6.42 Å². The van der Waals surface area contributed by atoms with Crippen molar-refractivity contribution in [1.82, 2.24) is 20.1 Å². The average molecular weight is 346 g/mol. The van der Waals surface area contributed by atoms with Gasteiger partial charge >= 0.3 is 0 Å². The minimum atomic E-state index is -0.223. The first-order chi connectivity index (χ1) is 12.0. The van der Waals surface area contributed by atoms with E-state index in [-0.39, 0.29) is 11.8 Å². The largest absolute Gasteiger partial charge is 0.351 e. The summed E-state index contributed by atoms with van der Waals surface area (Å²) in [6, 6.07) is 3.62. The highest BCUT2D eigenvalue weighted by Gasteiger charge is 2.26. The molecule has 25 heavy (non-hydrogen) atoms. The van der Waals surface area contributed by atoms with Crippen LogP contribution in [0.1, 0.15) is 59.9 Å². The summed E-state index contributed by atoms with van der Waals surface area (Å²) in [7, 11) is 4.01. The zero-order valence-corrected chi connectivity index (χ0v) is 15.6. The Morgan fingerprint density at radius 2 is 2.16 bits per heavy atom. The molecule has 0 aromatic carbocycles. The molecule has 2 amide bonds. The van der Waals surface area contributed by atoms with Crippen LogP contribution in [-0.4, -0.2) is 66.4 Å². The molecule has 6 nitrogen and oxygen atoms in total. The molecule has 1 aromatic heterocycles. The Hall–Kier alpha value is -1.95. The van der Waals surface area contributed by atoms with Gasteiger partial charge in [0.25, 0.3) is 11.8 Å². The summed E-state index contributed by atoms with van der Waals surface area (Å²) >= 11 is 0. The highest BCUT2D eigenvalue weighted by atomic mass is 16.2. The molecule has 1 N–H and O–H groups in total. The van der Waals surface area contributed by atoms with Crippen molar-refractivity contribution >= 4 is 11.8 Å².